The van der Waals surface area contributed by atoms with Gasteiger partial charge in [0.25, 0.3) is 0 Å². The Balaban J connectivity index is 0.00000312. The second kappa shape index (κ2) is 11.2. The molecule has 0 radical (unpaired) electrons. The maximum atomic E-state index is 11.5. The molecule has 1 unspecified atom stereocenters. The minimum absolute atomic E-state index is 0. The number of hydrogen-bond donors (Lipinski definition) is 1. The van der Waals surface area contributed by atoms with Crippen LogP contribution in [0.2, 0.25) is 0 Å². The topological polar surface area (TPSA) is 51.2 Å². The predicted molar refractivity (Wildman–Crippen MR) is 115 cm³/mol. The molecular formula is C18H36IN5O. The number of piperidine rings is 1. The Morgan fingerprint density at radius 1 is 1.16 bits per heavy atom. The van der Waals surface area contributed by atoms with Crippen molar-refractivity contribution in [3.05, 3.63) is 0 Å². The third kappa shape index (κ3) is 6.92. The highest BCUT2D eigenvalue weighted by molar-refractivity contribution is 14.0. The van der Waals surface area contributed by atoms with E-state index in [1.165, 1.54) is 25.9 Å². The Hall–Kier alpha value is -0.570. The molecule has 6 nitrogen and oxygen atoms in total. The molecule has 2 heterocycles. The first-order chi connectivity index (χ1) is 11.5. The third-order valence-electron chi connectivity index (χ3n) is 5.14. The van der Waals surface area contributed by atoms with Crippen LogP contribution in [0.25, 0.3) is 0 Å². The summed E-state index contributed by atoms with van der Waals surface area (Å²) < 4.78 is 0. The largest absolute Gasteiger partial charge is 0.357 e. The van der Waals surface area contributed by atoms with Crippen molar-refractivity contribution in [1.82, 2.24) is 20.0 Å². The fourth-order valence-corrected chi connectivity index (χ4v) is 3.59. The van der Waals surface area contributed by atoms with Crippen LogP contribution in [0.4, 0.5) is 0 Å². The van der Waals surface area contributed by atoms with Gasteiger partial charge >= 0.3 is 0 Å². The number of likely N-dealkylation sites (tertiary alicyclic amines) is 1. The standard InChI is InChI=1S/C18H35N5O.HI/c1-5-19-18(22-11-9-21(10-12-22)16(4)24)20-13-17-7-6-8-23(14-17)15(2)3;/h15,17H,5-14H2,1-4H3,(H,19,20);1H. The van der Waals surface area contributed by atoms with Gasteiger partial charge in [0.1, 0.15) is 0 Å². The summed E-state index contributed by atoms with van der Waals surface area (Å²) in [5.41, 5.74) is 0. The van der Waals surface area contributed by atoms with Crippen molar-refractivity contribution in [2.24, 2.45) is 10.9 Å². The molecule has 2 aliphatic rings. The molecule has 2 saturated heterocycles. The maximum Gasteiger partial charge on any atom is 0.219 e. The minimum Gasteiger partial charge on any atom is -0.357 e. The number of aliphatic imine (C=N–C) groups is 1. The lowest BCUT2D eigenvalue weighted by Gasteiger charge is -2.37. The second-order valence-corrected chi connectivity index (χ2v) is 7.28. The van der Waals surface area contributed by atoms with Gasteiger partial charge in [-0.3, -0.25) is 9.79 Å². The van der Waals surface area contributed by atoms with E-state index >= 15 is 0 Å². The number of nitrogens with one attached hydrogen (secondary N) is 1. The number of amides is 1. The van der Waals surface area contributed by atoms with Crippen molar-refractivity contribution in [2.45, 2.75) is 46.6 Å². The first kappa shape index (κ1) is 22.5. The van der Waals surface area contributed by atoms with Crippen LogP contribution in [0.15, 0.2) is 4.99 Å². The van der Waals surface area contributed by atoms with Gasteiger partial charge in [-0.1, -0.05) is 0 Å². The van der Waals surface area contributed by atoms with Gasteiger partial charge in [-0.15, -0.1) is 24.0 Å². The average molecular weight is 465 g/mol. The second-order valence-electron chi connectivity index (χ2n) is 7.28. The summed E-state index contributed by atoms with van der Waals surface area (Å²) in [5, 5.41) is 3.43. The van der Waals surface area contributed by atoms with E-state index in [4.69, 9.17) is 4.99 Å². The summed E-state index contributed by atoms with van der Waals surface area (Å²) in [4.78, 5) is 23.2. The highest BCUT2D eigenvalue weighted by atomic mass is 127. The molecule has 1 atom stereocenters. The molecule has 7 heteroatoms. The number of guanidine groups is 1. The van der Waals surface area contributed by atoms with Crippen molar-refractivity contribution in [3.63, 3.8) is 0 Å². The molecular weight excluding hydrogens is 429 g/mol. The van der Waals surface area contributed by atoms with Gasteiger partial charge < -0.3 is 20.0 Å². The molecule has 2 rings (SSSR count). The molecule has 2 fully saturated rings. The molecule has 0 aromatic carbocycles. The molecule has 0 spiro atoms. The van der Waals surface area contributed by atoms with E-state index in [-0.39, 0.29) is 29.9 Å². The van der Waals surface area contributed by atoms with Gasteiger partial charge in [0.2, 0.25) is 5.91 Å². The molecule has 0 bridgehead atoms. The van der Waals surface area contributed by atoms with Crippen molar-refractivity contribution < 1.29 is 4.79 Å². The zero-order chi connectivity index (χ0) is 17.5. The summed E-state index contributed by atoms with van der Waals surface area (Å²) in [6.45, 7) is 15.8. The van der Waals surface area contributed by atoms with Gasteiger partial charge in [-0.05, 0) is 46.1 Å². The molecule has 1 amide bonds. The van der Waals surface area contributed by atoms with Gasteiger partial charge in [0, 0.05) is 58.8 Å². The zero-order valence-electron chi connectivity index (χ0n) is 16.3. The van der Waals surface area contributed by atoms with Gasteiger partial charge in [0.15, 0.2) is 5.96 Å². The van der Waals surface area contributed by atoms with E-state index in [1.807, 2.05) is 4.90 Å². The molecule has 0 aliphatic carbocycles. The van der Waals surface area contributed by atoms with Crippen molar-refractivity contribution in [1.29, 1.82) is 0 Å². The van der Waals surface area contributed by atoms with Crippen LogP contribution < -0.4 is 5.32 Å². The first-order valence-corrected chi connectivity index (χ1v) is 9.54. The minimum atomic E-state index is 0. The summed E-state index contributed by atoms with van der Waals surface area (Å²) in [6, 6.07) is 0.629. The number of hydrogen-bond acceptors (Lipinski definition) is 3. The fourth-order valence-electron chi connectivity index (χ4n) is 3.59. The lowest BCUT2D eigenvalue weighted by Crippen LogP contribution is -2.53. The van der Waals surface area contributed by atoms with Crippen LogP contribution in [-0.2, 0) is 4.79 Å². The van der Waals surface area contributed by atoms with E-state index in [0.717, 1.165) is 45.2 Å². The van der Waals surface area contributed by atoms with Crippen LogP contribution in [0.5, 0.6) is 0 Å². The Kier molecular flexibility index (Phi) is 10.1. The number of piperazine rings is 1. The number of carbonyl (C=O) groups excluding carboxylic acids is 1. The Bertz CT molecular complexity index is 435. The molecule has 146 valence electrons. The van der Waals surface area contributed by atoms with Crippen molar-refractivity contribution in [3.8, 4) is 0 Å². The summed E-state index contributed by atoms with van der Waals surface area (Å²) >= 11 is 0. The van der Waals surface area contributed by atoms with Crippen LogP contribution in [0.1, 0.15) is 40.5 Å². The molecule has 0 saturated carbocycles. The maximum absolute atomic E-state index is 11.5. The predicted octanol–water partition coefficient (Wildman–Crippen LogP) is 1.85. The Morgan fingerprint density at radius 2 is 1.80 bits per heavy atom. The molecule has 0 aromatic heterocycles. The highest BCUT2D eigenvalue weighted by Crippen LogP contribution is 2.18. The lowest BCUT2D eigenvalue weighted by molar-refractivity contribution is -0.130. The highest BCUT2D eigenvalue weighted by Gasteiger charge is 2.23. The average Bonchev–Trinajstić information content (AvgIpc) is 2.59. The van der Waals surface area contributed by atoms with E-state index < -0.39 is 0 Å². The molecule has 25 heavy (non-hydrogen) atoms. The van der Waals surface area contributed by atoms with Crippen LogP contribution in [0.3, 0.4) is 0 Å². The van der Waals surface area contributed by atoms with Gasteiger partial charge in [-0.25, -0.2) is 0 Å². The molecule has 0 aromatic rings. The molecule has 2 aliphatic heterocycles. The number of rotatable bonds is 4. The van der Waals surface area contributed by atoms with Crippen LogP contribution in [-0.4, -0.2) is 85.0 Å². The van der Waals surface area contributed by atoms with Gasteiger partial charge in [-0.2, -0.15) is 0 Å². The number of carbonyl (C=O) groups is 1. The Morgan fingerprint density at radius 3 is 2.36 bits per heavy atom. The zero-order valence-corrected chi connectivity index (χ0v) is 18.7. The fraction of sp³-hybridized carbons (Fsp3) is 0.889. The van der Waals surface area contributed by atoms with Crippen LogP contribution in [0, 0.1) is 5.92 Å². The SMILES string of the molecule is CCNC(=NCC1CCCN(C(C)C)C1)N1CCN(C(C)=O)CC1.I. The van der Waals surface area contributed by atoms with Crippen molar-refractivity contribution >= 4 is 35.8 Å². The summed E-state index contributed by atoms with van der Waals surface area (Å²) in [6.07, 6.45) is 2.57. The van der Waals surface area contributed by atoms with E-state index in [9.17, 15) is 4.79 Å². The normalized spacial score (nSPS) is 22.8. The smallest absolute Gasteiger partial charge is 0.219 e. The van der Waals surface area contributed by atoms with Crippen molar-refractivity contribution in [2.75, 3.05) is 52.4 Å². The van der Waals surface area contributed by atoms with E-state index in [1.54, 1.807) is 6.92 Å². The van der Waals surface area contributed by atoms with E-state index in [2.05, 4.69) is 35.9 Å². The first-order valence-electron chi connectivity index (χ1n) is 9.54. The van der Waals surface area contributed by atoms with Crippen LogP contribution >= 0.6 is 24.0 Å². The quantitative estimate of drug-likeness (QED) is 0.391. The number of nitrogens with zero attached hydrogens (tertiary/aromatic N) is 4. The van der Waals surface area contributed by atoms with Gasteiger partial charge in [0.05, 0.1) is 0 Å². The Labute approximate surface area is 170 Å². The third-order valence-corrected chi connectivity index (χ3v) is 5.14. The molecule has 1 N–H and O–H groups in total. The lowest BCUT2D eigenvalue weighted by atomic mass is 9.97. The summed E-state index contributed by atoms with van der Waals surface area (Å²) in [5.74, 6) is 1.85. The number of halogens is 1. The monoisotopic (exact) mass is 465 g/mol. The van der Waals surface area contributed by atoms with E-state index in [0.29, 0.717) is 12.0 Å². The summed E-state index contributed by atoms with van der Waals surface area (Å²) in [7, 11) is 0.